The van der Waals surface area contributed by atoms with E-state index in [9.17, 15) is 14.4 Å². The van der Waals surface area contributed by atoms with Gasteiger partial charge < -0.3 is 36.0 Å². The molecule has 50 heavy (non-hydrogen) atoms. The topological polar surface area (TPSA) is 246 Å². The quantitative estimate of drug-likeness (QED) is 0.0902. The molecule has 1 fully saturated rings. The summed E-state index contributed by atoms with van der Waals surface area (Å²) in [4.78, 5) is 65.7. The summed E-state index contributed by atoms with van der Waals surface area (Å²) in [5.41, 5.74) is 1.87. The van der Waals surface area contributed by atoms with Crippen molar-refractivity contribution in [3.8, 4) is 0 Å². The average molecular weight is 783 g/mol. The Morgan fingerprint density at radius 3 is 1.52 bits per heavy atom. The maximum atomic E-state index is 11.0. The molecule has 4 heterocycles. The number of carbonyl (C=O) groups excluding carboxylic acids is 3. The predicted octanol–water partition coefficient (Wildman–Crippen LogP) is -2.38. The third kappa shape index (κ3) is 36.4. The van der Waals surface area contributed by atoms with Gasteiger partial charge in [0, 0.05) is 32.2 Å². The van der Waals surface area contributed by atoms with Gasteiger partial charge in [0.05, 0.1) is 49.9 Å². The van der Waals surface area contributed by atoms with Gasteiger partial charge in [-0.05, 0) is 40.5 Å². The minimum atomic E-state index is -1.05. The molecule has 0 aromatic carbocycles. The molecule has 3 aromatic rings. The molecule has 17 nitrogen and oxygen atoms in total. The fourth-order valence-electron chi connectivity index (χ4n) is 2.24. The van der Waals surface area contributed by atoms with Gasteiger partial charge >= 0.3 is 121 Å². The van der Waals surface area contributed by atoms with Gasteiger partial charge in [-0.3, -0.25) is 14.8 Å². The Kier molecular flexibility index (Phi) is 55.6. The number of nitrogens with zero attached hydrogens (tertiary/aromatic N) is 6. The molecule has 0 bridgehead atoms. The molecule has 20 heteroatoms. The van der Waals surface area contributed by atoms with Crippen LogP contribution in [0.4, 0.5) is 0 Å². The molecule has 1 saturated heterocycles. The molecule has 0 aliphatic carbocycles. The number of aryl methyl sites for hydroxylation is 2. The summed E-state index contributed by atoms with van der Waals surface area (Å²) >= 11 is 5.43. The number of carboxylic acids is 1. The molecule has 0 amide bonds. The number of methoxy groups -OCH3 is 1. The largest absolute Gasteiger partial charge is 1.00 e. The molecule has 0 unspecified atom stereocenters. The molecule has 4 rings (SSSR count). The van der Waals surface area contributed by atoms with Crippen molar-refractivity contribution in [3.05, 3.63) is 70.8 Å². The number of aliphatic hydroxyl groups excluding tert-OH is 1. The van der Waals surface area contributed by atoms with Crippen molar-refractivity contribution < 1.29 is 158 Å². The van der Waals surface area contributed by atoms with E-state index in [1.807, 2.05) is 6.92 Å². The second-order valence-corrected chi connectivity index (χ2v) is 8.04. The molecule has 0 atom stereocenters. The fourth-order valence-corrected chi connectivity index (χ4v) is 2.34. The summed E-state index contributed by atoms with van der Waals surface area (Å²) in [6.45, 7) is 9.41. The van der Waals surface area contributed by atoms with Crippen LogP contribution in [-0.4, -0.2) is 98.0 Å². The molecule has 274 valence electrons. The average Bonchev–Trinajstić information content (AvgIpc) is 3.64. The Balaban J connectivity index is -0.0000000746. The molecular formula is C30H49ClK2N6O11. The zero-order chi connectivity index (χ0) is 34.5. The SMILES string of the molecule is C.C.C.C1CCOC1.CCO.CCOC(=O)c1cnc(C)cn1.COC(=O)c1cnc(Cl)cn1.Cc1cnc(C(=O)O)cn1.O=CO[O-].[H-].[K+].[K+]. The van der Waals surface area contributed by atoms with E-state index in [0.29, 0.717) is 12.3 Å². The van der Waals surface area contributed by atoms with Gasteiger partial charge in [-0.1, -0.05) is 33.9 Å². The molecule has 0 radical (unpaired) electrons. The number of aromatic nitrogens is 6. The van der Waals surface area contributed by atoms with E-state index in [1.165, 1.54) is 57.1 Å². The van der Waals surface area contributed by atoms with E-state index in [0.717, 1.165) is 18.9 Å². The van der Waals surface area contributed by atoms with Crippen molar-refractivity contribution in [1.82, 2.24) is 29.9 Å². The van der Waals surface area contributed by atoms with Crippen LogP contribution in [0, 0.1) is 13.8 Å². The van der Waals surface area contributed by atoms with E-state index in [-0.39, 0.29) is 162 Å². The van der Waals surface area contributed by atoms with Crippen molar-refractivity contribution in [2.45, 2.75) is 62.8 Å². The van der Waals surface area contributed by atoms with Crippen LogP contribution >= 0.6 is 11.6 Å². The fraction of sp³-hybridized carbons (Fsp3) is 0.467. The van der Waals surface area contributed by atoms with E-state index >= 15 is 0 Å². The third-order valence-electron chi connectivity index (χ3n) is 4.15. The number of hydrogen-bond acceptors (Lipinski definition) is 16. The summed E-state index contributed by atoms with van der Waals surface area (Å²) in [7, 11) is 1.28. The summed E-state index contributed by atoms with van der Waals surface area (Å²) in [5.74, 6) is -1.99. The van der Waals surface area contributed by atoms with E-state index in [2.05, 4.69) is 39.5 Å². The minimum absolute atomic E-state index is 0. The monoisotopic (exact) mass is 782 g/mol. The smallest absolute Gasteiger partial charge is 1.00 e. The van der Waals surface area contributed by atoms with Gasteiger partial charge in [0.25, 0.3) is 6.47 Å². The molecule has 1 aliphatic rings. The Morgan fingerprint density at radius 1 is 0.840 bits per heavy atom. The first-order valence-electron chi connectivity index (χ1n) is 12.9. The Morgan fingerprint density at radius 2 is 1.24 bits per heavy atom. The van der Waals surface area contributed by atoms with Gasteiger partial charge in [-0.2, -0.15) is 0 Å². The van der Waals surface area contributed by atoms with Crippen LogP contribution < -0.4 is 108 Å². The van der Waals surface area contributed by atoms with Gasteiger partial charge in [-0.25, -0.2) is 34.3 Å². The van der Waals surface area contributed by atoms with Crippen molar-refractivity contribution in [2.24, 2.45) is 0 Å². The standard InChI is InChI=1S/C8H10N2O2.C6H5ClN2O2.C6H6N2O2.C4H8O.C2H6O.CH2O3.3CH4.2K.H/c1-3-12-8(11)7-5-9-6(2)4-10-7;1-11-6(10)4-2-9-5(7)3-8-4;1-4-2-8-5(3-7-4)6(9)10;1-2-4-5-3-1;1-2-3;2-1-4-3;;;;;;/h4-5H,3H2,1-2H3;2-3H,1H3;2-3H,1H3,(H,9,10);1-4H2;3H,2H2,1H3;1,3H;3*1H4;;;/q;;;;;;;;;2*+1;-1/p-1. The van der Waals surface area contributed by atoms with Crippen LogP contribution in [0.25, 0.3) is 0 Å². The molecule has 2 N–H and O–H groups in total. The molecule has 1 aliphatic heterocycles. The maximum Gasteiger partial charge on any atom is 1.00 e. The second kappa shape index (κ2) is 43.7. The van der Waals surface area contributed by atoms with Gasteiger partial charge in [-0.15, -0.1) is 0 Å². The number of halogens is 1. The number of rotatable bonds is 5. The third-order valence-corrected chi connectivity index (χ3v) is 4.34. The molecule has 0 spiro atoms. The van der Waals surface area contributed by atoms with Crippen LogP contribution in [-0.2, 0) is 23.9 Å². The van der Waals surface area contributed by atoms with Crippen LogP contribution in [0.2, 0.25) is 5.15 Å². The zero-order valence-electron chi connectivity index (χ0n) is 28.4. The van der Waals surface area contributed by atoms with Gasteiger partial charge in [0.15, 0.2) is 17.1 Å². The van der Waals surface area contributed by atoms with Crippen LogP contribution in [0.15, 0.2) is 37.2 Å². The molecule has 3 aromatic heterocycles. The molecular weight excluding hydrogens is 734 g/mol. The molecule has 0 saturated carbocycles. The second-order valence-electron chi connectivity index (χ2n) is 7.66. The van der Waals surface area contributed by atoms with Crippen LogP contribution in [0.5, 0.6) is 0 Å². The summed E-state index contributed by atoms with van der Waals surface area (Å²) in [5, 5.41) is 24.6. The van der Waals surface area contributed by atoms with Gasteiger partial charge in [0.2, 0.25) is 0 Å². The van der Waals surface area contributed by atoms with Crippen molar-refractivity contribution in [2.75, 3.05) is 33.5 Å². The number of aliphatic hydroxyl groups is 1. The van der Waals surface area contributed by atoms with Crippen LogP contribution in [0.1, 0.15) is 93.2 Å². The number of carboxylic acid groups (broad SMARTS) is 1. The Bertz CT molecular complexity index is 1230. The summed E-state index contributed by atoms with van der Waals surface area (Å²) < 4.78 is 14.1. The minimum Gasteiger partial charge on any atom is -1.00 e. The van der Waals surface area contributed by atoms with Gasteiger partial charge in [0.1, 0.15) is 5.15 Å². The normalized spacial score (nSPS) is 9.36. The number of ether oxygens (including phenoxy) is 3. The van der Waals surface area contributed by atoms with Crippen molar-refractivity contribution >= 4 is 36.0 Å². The first kappa shape index (κ1) is 63.6. The number of hydrogen-bond donors (Lipinski definition) is 2. The van der Waals surface area contributed by atoms with E-state index in [4.69, 9.17) is 41.3 Å². The maximum absolute atomic E-state index is 11.0. The first-order valence-corrected chi connectivity index (χ1v) is 13.3. The number of carbonyl (C=O) groups is 4. The predicted molar refractivity (Wildman–Crippen MR) is 176 cm³/mol. The number of esters is 2. The first-order chi connectivity index (χ1) is 21.5. The van der Waals surface area contributed by atoms with E-state index in [1.54, 1.807) is 20.8 Å². The summed E-state index contributed by atoms with van der Waals surface area (Å²) in [6, 6.07) is 0. The number of aromatic carboxylic acids is 1. The summed E-state index contributed by atoms with van der Waals surface area (Å²) in [6.07, 6.45) is 10.7. The Hall–Kier alpha value is -1.44. The van der Waals surface area contributed by atoms with Crippen molar-refractivity contribution in [3.63, 3.8) is 0 Å². The zero-order valence-corrected chi connectivity index (χ0v) is 34.4. The van der Waals surface area contributed by atoms with Crippen molar-refractivity contribution in [1.29, 1.82) is 0 Å². The Labute approximate surface area is 386 Å². The van der Waals surface area contributed by atoms with E-state index < -0.39 is 17.9 Å². The van der Waals surface area contributed by atoms with Crippen LogP contribution in [0.3, 0.4) is 0 Å².